The maximum absolute atomic E-state index is 12.2. The van der Waals surface area contributed by atoms with Gasteiger partial charge >= 0.3 is 0 Å². The zero-order chi connectivity index (χ0) is 14.6. The van der Waals surface area contributed by atoms with Crippen LogP contribution in [-0.4, -0.2) is 30.2 Å². The van der Waals surface area contributed by atoms with Crippen molar-refractivity contribution < 1.29 is 14.6 Å². The van der Waals surface area contributed by atoms with E-state index in [1.165, 1.54) is 7.11 Å². The smallest absolute Gasteiger partial charge is 0.255 e. The summed E-state index contributed by atoms with van der Waals surface area (Å²) < 4.78 is 4.99. The average molecular weight is 266 g/mol. The van der Waals surface area contributed by atoms with Crippen LogP contribution in [0.2, 0.25) is 0 Å². The van der Waals surface area contributed by atoms with Crippen LogP contribution in [0.5, 0.6) is 11.5 Å². The van der Waals surface area contributed by atoms with Crippen molar-refractivity contribution in [1.82, 2.24) is 5.32 Å². The van der Waals surface area contributed by atoms with Gasteiger partial charge in [0.05, 0.1) is 18.2 Å². The largest absolute Gasteiger partial charge is 0.504 e. The molecule has 0 bridgehead atoms. The normalized spacial score (nSPS) is 14.0. The Morgan fingerprint density at radius 1 is 1.53 bits per heavy atom. The minimum Gasteiger partial charge on any atom is -0.504 e. The van der Waals surface area contributed by atoms with Crippen molar-refractivity contribution in [2.45, 2.75) is 26.3 Å². The van der Waals surface area contributed by atoms with Crippen LogP contribution in [0.3, 0.4) is 0 Å². The number of carbonyl (C=O) groups is 1. The van der Waals surface area contributed by atoms with Crippen LogP contribution in [0.4, 0.5) is 0 Å². The van der Waals surface area contributed by atoms with Crippen LogP contribution in [0.25, 0.3) is 0 Å². The molecular formula is C14H22N2O3. The van der Waals surface area contributed by atoms with E-state index in [1.54, 1.807) is 18.2 Å². The SMILES string of the molecule is COc1cccc(C(=O)NC(C)(CN)C(C)C)c1O. The van der Waals surface area contributed by atoms with Gasteiger partial charge in [0.2, 0.25) is 0 Å². The molecule has 1 unspecified atom stereocenters. The van der Waals surface area contributed by atoms with Crippen LogP contribution in [0.1, 0.15) is 31.1 Å². The Morgan fingerprint density at radius 3 is 2.63 bits per heavy atom. The van der Waals surface area contributed by atoms with Crippen LogP contribution < -0.4 is 15.8 Å². The van der Waals surface area contributed by atoms with E-state index in [1.807, 2.05) is 20.8 Å². The first-order valence-corrected chi connectivity index (χ1v) is 6.24. The average Bonchev–Trinajstić information content (AvgIpc) is 2.38. The van der Waals surface area contributed by atoms with E-state index >= 15 is 0 Å². The van der Waals surface area contributed by atoms with Gasteiger partial charge in [-0.1, -0.05) is 19.9 Å². The van der Waals surface area contributed by atoms with E-state index in [9.17, 15) is 9.90 Å². The topological polar surface area (TPSA) is 84.6 Å². The Morgan fingerprint density at radius 2 is 2.16 bits per heavy atom. The highest BCUT2D eigenvalue weighted by atomic mass is 16.5. The minimum absolute atomic E-state index is 0.161. The Bertz CT molecular complexity index is 460. The highest BCUT2D eigenvalue weighted by molar-refractivity contribution is 5.98. The van der Waals surface area contributed by atoms with Gasteiger partial charge < -0.3 is 20.9 Å². The number of benzene rings is 1. The summed E-state index contributed by atoms with van der Waals surface area (Å²) in [5.41, 5.74) is 5.39. The summed E-state index contributed by atoms with van der Waals surface area (Å²) >= 11 is 0. The zero-order valence-electron chi connectivity index (χ0n) is 11.9. The van der Waals surface area contributed by atoms with Gasteiger partial charge in [0.1, 0.15) is 0 Å². The standard InChI is InChI=1S/C14H22N2O3/c1-9(2)14(3,8-15)16-13(18)10-6-5-7-11(19-4)12(10)17/h5-7,9,17H,8,15H2,1-4H3,(H,16,18). The molecule has 4 N–H and O–H groups in total. The molecule has 106 valence electrons. The van der Waals surface area contributed by atoms with Crippen LogP contribution in [0, 0.1) is 5.92 Å². The molecule has 0 fully saturated rings. The first-order chi connectivity index (χ1) is 8.85. The number of amides is 1. The van der Waals surface area contributed by atoms with Crippen LogP contribution >= 0.6 is 0 Å². The molecule has 5 heteroatoms. The molecule has 5 nitrogen and oxygen atoms in total. The molecule has 0 aliphatic rings. The molecule has 0 aliphatic heterocycles. The molecule has 19 heavy (non-hydrogen) atoms. The summed E-state index contributed by atoms with van der Waals surface area (Å²) in [5.74, 6) is -0.0791. The molecule has 0 heterocycles. The zero-order valence-corrected chi connectivity index (χ0v) is 11.9. The Kier molecular flexibility index (Phi) is 4.78. The number of hydrogen-bond acceptors (Lipinski definition) is 4. The number of rotatable bonds is 5. The predicted molar refractivity (Wildman–Crippen MR) is 74.4 cm³/mol. The first kappa shape index (κ1) is 15.3. The van der Waals surface area contributed by atoms with Crippen molar-refractivity contribution in [2.24, 2.45) is 11.7 Å². The second kappa shape index (κ2) is 5.93. The summed E-state index contributed by atoms with van der Waals surface area (Å²) in [5, 5.41) is 12.8. The lowest BCUT2D eigenvalue weighted by molar-refractivity contribution is 0.0880. The van der Waals surface area contributed by atoms with E-state index in [0.717, 1.165) is 0 Å². The molecule has 1 amide bonds. The molecule has 1 rings (SSSR count). The molecular weight excluding hydrogens is 244 g/mol. The summed E-state index contributed by atoms with van der Waals surface area (Å²) in [4.78, 5) is 12.2. The number of ether oxygens (including phenoxy) is 1. The van der Waals surface area contributed by atoms with Crippen molar-refractivity contribution in [1.29, 1.82) is 0 Å². The minimum atomic E-state index is -0.521. The van der Waals surface area contributed by atoms with Gasteiger partial charge in [-0.25, -0.2) is 0 Å². The molecule has 1 aromatic carbocycles. The lowest BCUT2D eigenvalue weighted by Crippen LogP contribution is -2.55. The maximum Gasteiger partial charge on any atom is 0.255 e. The molecule has 1 aromatic rings. The second-order valence-corrected chi connectivity index (χ2v) is 5.09. The summed E-state index contributed by atoms with van der Waals surface area (Å²) in [6.45, 7) is 6.17. The molecule has 0 saturated carbocycles. The van der Waals surface area contributed by atoms with E-state index in [2.05, 4.69) is 5.32 Å². The number of phenols is 1. The number of phenolic OH excluding ortho intramolecular Hbond substituents is 1. The number of nitrogens with one attached hydrogen (secondary N) is 1. The fourth-order valence-corrected chi connectivity index (χ4v) is 1.63. The number of hydrogen-bond donors (Lipinski definition) is 3. The summed E-state index contributed by atoms with van der Waals surface area (Å²) in [6.07, 6.45) is 0. The molecule has 0 saturated heterocycles. The van der Waals surface area contributed by atoms with Crippen LogP contribution in [-0.2, 0) is 0 Å². The van der Waals surface area contributed by atoms with Gasteiger partial charge in [-0.15, -0.1) is 0 Å². The summed E-state index contributed by atoms with van der Waals surface area (Å²) in [7, 11) is 1.44. The van der Waals surface area contributed by atoms with Crippen molar-refractivity contribution in [3.8, 4) is 11.5 Å². The number of aromatic hydroxyl groups is 1. The number of para-hydroxylation sites is 1. The Balaban J connectivity index is 3.02. The highest BCUT2D eigenvalue weighted by Crippen LogP contribution is 2.29. The third kappa shape index (κ3) is 3.17. The van der Waals surface area contributed by atoms with Gasteiger partial charge in [-0.3, -0.25) is 4.79 Å². The molecule has 0 aromatic heterocycles. The summed E-state index contributed by atoms with van der Waals surface area (Å²) in [6, 6.07) is 4.80. The van der Waals surface area contributed by atoms with Crippen molar-refractivity contribution in [3.63, 3.8) is 0 Å². The van der Waals surface area contributed by atoms with Crippen molar-refractivity contribution in [3.05, 3.63) is 23.8 Å². The lowest BCUT2D eigenvalue weighted by Gasteiger charge is -2.33. The Hall–Kier alpha value is -1.75. The van der Waals surface area contributed by atoms with E-state index in [-0.39, 0.29) is 28.9 Å². The van der Waals surface area contributed by atoms with Crippen LogP contribution in [0.15, 0.2) is 18.2 Å². The first-order valence-electron chi connectivity index (χ1n) is 6.24. The van der Waals surface area contributed by atoms with Gasteiger partial charge in [-0.2, -0.15) is 0 Å². The molecule has 0 radical (unpaired) electrons. The maximum atomic E-state index is 12.2. The van der Waals surface area contributed by atoms with Crippen molar-refractivity contribution in [2.75, 3.05) is 13.7 Å². The molecule has 0 spiro atoms. The van der Waals surface area contributed by atoms with E-state index in [0.29, 0.717) is 6.54 Å². The van der Waals surface area contributed by atoms with Gasteiger partial charge in [0.25, 0.3) is 5.91 Å². The molecule has 0 aliphatic carbocycles. The lowest BCUT2D eigenvalue weighted by atomic mass is 9.88. The fraction of sp³-hybridized carbons (Fsp3) is 0.500. The Labute approximate surface area is 113 Å². The van der Waals surface area contributed by atoms with Gasteiger partial charge in [-0.05, 0) is 25.0 Å². The highest BCUT2D eigenvalue weighted by Gasteiger charge is 2.30. The second-order valence-electron chi connectivity index (χ2n) is 5.09. The number of carbonyl (C=O) groups excluding carboxylic acids is 1. The third-order valence-electron chi connectivity index (χ3n) is 3.56. The fourth-order valence-electron chi connectivity index (χ4n) is 1.63. The number of methoxy groups -OCH3 is 1. The quantitative estimate of drug-likeness (QED) is 0.754. The van der Waals surface area contributed by atoms with E-state index in [4.69, 9.17) is 10.5 Å². The van der Waals surface area contributed by atoms with Gasteiger partial charge in [0, 0.05) is 6.54 Å². The van der Waals surface area contributed by atoms with E-state index < -0.39 is 5.54 Å². The third-order valence-corrected chi connectivity index (χ3v) is 3.56. The van der Waals surface area contributed by atoms with Gasteiger partial charge in [0.15, 0.2) is 11.5 Å². The predicted octanol–water partition coefficient (Wildman–Crippen LogP) is 1.50. The van der Waals surface area contributed by atoms with Crippen molar-refractivity contribution >= 4 is 5.91 Å². The molecule has 1 atom stereocenters. The number of nitrogens with two attached hydrogens (primary N) is 1. The monoisotopic (exact) mass is 266 g/mol.